The van der Waals surface area contributed by atoms with E-state index < -0.39 is 10.0 Å². The second-order valence-electron chi connectivity index (χ2n) is 5.94. The molecule has 0 aliphatic heterocycles. The van der Waals surface area contributed by atoms with Crippen LogP contribution in [0.4, 0.5) is 5.69 Å². The number of nitrogens with zero attached hydrogens (tertiary/aromatic N) is 1. The van der Waals surface area contributed by atoms with E-state index >= 15 is 0 Å². The summed E-state index contributed by atoms with van der Waals surface area (Å²) in [6, 6.07) is 6.60. The van der Waals surface area contributed by atoms with Crippen LogP contribution in [-0.2, 0) is 14.8 Å². The number of halogens is 1. The number of hydrogen-bond acceptors (Lipinski definition) is 3. The van der Waals surface area contributed by atoms with Gasteiger partial charge in [-0.25, -0.2) is 8.42 Å². The molecule has 0 aromatic heterocycles. The summed E-state index contributed by atoms with van der Waals surface area (Å²) in [5.41, 5.74) is 0.315. The Hall–Kier alpha value is -1.27. The number of amides is 1. The van der Waals surface area contributed by atoms with Gasteiger partial charge in [0.05, 0.1) is 17.0 Å². The highest BCUT2D eigenvalue weighted by Gasteiger charge is 2.22. The van der Waals surface area contributed by atoms with E-state index in [1.165, 1.54) is 0 Å². The number of rotatable bonds is 10. The number of para-hydroxylation sites is 1. The molecular weight excluding hydrogens is 348 g/mol. The Morgan fingerprint density at radius 3 is 2.50 bits per heavy atom. The van der Waals surface area contributed by atoms with E-state index in [-0.39, 0.29) is 12.5 Å². The van der Waals surface area contributed by atoms with Crippen molar-refractivity contribution >= 4 is 33.2 Å². The first-order valence-electron chi connectivity index (χ1n) is 8.28. The quantitative estimate of drug-likeness (QED) is 0.682. The Bertz CT molecular complexity index is 634. The minimum atomic E-state index is -3.61. The number of benzene rings is 1. The van der Waals surface area contributed by atoms with Gasteiger partial charge >= 0.3 is 0 Å². The summed E-state index contributed by atoms with van der Waals surface area (Å²) in [5.74, 6) is 0.0937. The number of carbonyl (C=O) groups excluding carboxylic acids is 1. The first-order valence-corrected chi connectivity index (χ1v) is 10.5. The Labute approximate surface area is 150 Å². The Morgan fingerprint density at radius 2 is 1.96 bits per heavy atom. The minimum absolute atomic E-state index is 0.271. The van der Waals surface area contributed by atoms with Crippen molar-refractivity contribution in [3.63, 3.8) is 0 Å². The van der Waals surface area contributed by atoms with Gasteiger partial charge in [-0.1, -0.05) is 56.8 Å². The van der Waals surface area contributed by atoms with Gasteiger partial charge in [-0.3, -0.25) is 9.10 Å². The fraction of sp³-hybridized carbons (Fsp3) is 0.588. The van der Waals surface area contributed by atoms with E-state index in [4.69, 9.17) is 11.6 Å². The molecule has 136 valence electrons. The number of hydrogen-bond donors (Lipinski definition) is 1. The maximum Gasteiger partial charge on any atom is 0.240 e. The molecule has 7 heteroatoms. The zero-order valence-corrected chi connectivity index (χ0v) is 16.2. The molecule has 0 heterocycles. The highest BCUT2D eigenvalue weighted by atomic mass is 35.5. The highest BCUT2D eigenvalue weighted by Crippen LogP contribution is 2.26. The lowest BCUT2D eigenvalue weighted by Crippen LogP contribution is -2.41. The normalized spacial score (nSPS) is 12.7. The Kier molecular flexibility index (Phi) is 8.56. The van der Waals surface area contributed by atoms with E-state index in [0.717, 1.165) is 36.2 Å². The van der Waals surface area contributed by atoms with Gasteiger partial charge in [0.15, 0.2) is 0 Å². The zero-order chi connectivity index (χ0) is 18.2. The molecule has 0 unspecified atom stereocenters. The van der Waals surface area contributed by atoms with Crippen molar-refractivity contribution < 1.29 is 13.2 Å². The molecule has 1 aromatic rings. The molecule has 0 spiro atoms. The predicted octanol–water partition coefficient (Wildman–Crippen LogP) is 3.44. The van der Waals surface area contributed by atoms with E-state index in [0.29, 0.717) is 23.2 Å². The van der Waals surface area contributed by atoms with Crippen LogP contribution in [0.15, 0.2) is 24.3 Å². The van der Waals surface area contributed by atoms with Crippen molar-refractivity contribution in [1.29, 1.82) is 0 Å². The summed E-state index contributed by atoms with van der Waals surface area (Å²) in [6.45, 7) is 4.53. The molecule has 5 nitrogen and oxygen atoms in total. The average molecular weight is 375 g/mol. The standard InChI is InChI=1S/C17H27ClN2O3S/c1-4-6-9-14(5-2)12-19-17(21)13-20(24(3,22)23)16-11-8-7-10-15(16)18/h7-8,10-11,14H,4-6,9,12-13H2,1-3H3,(H,19,21)/t14-/m1/s1. The summed E-state index contributed by atoms with van der Waals surface area (Å²) in [7, 11) is -3.61. The molecular formula is C17H27ClN2O3S. The van der Waals surface area contributed by atoms with Crippen LogP contribution in [0, 0.1) is 5.92 Å². The van der Waals surface area contributed by atoms with Gasteiger partial charge in [0.2, 0.25) is 15.9 Å². The lowest BCUT2D eigenvalue weighted by molar-refractivity contribution is -0.119. The largest absolute Gasteiger partial charge is 0.354 e. The van der Waals surface area contributed by atoms with Gasteiger partial charge in [0, 0.05) is 6.54 Å². The van der Waals surface area contributed by atoms with Crippen LogP contribution >= 0.6 is 11.6 Å². The number of carbonyl (C=O) groups is 1. The van der Waals surface area contributed by atoms with Crippen LogP contribution in [-0.4, -0.2) is 33.7 Å². The SMILES string of the molecule is CCCC[C@@H](CC)CNC(=O)CN(c1ccccc1Cl)S(C)(=O)=O. The molecule has 1 rings (SSSR count). The molecule has 0 fully saturated rings. The van der Waals surface area contributed by atoms with E-state index in [1.807, 2.05) is 0 Å². The van der Waals surface area contributed by atoms with Crippen LogP contribution in [0.3, 0.4) is 0 Å². The topological polar surface area (TPSA) is 66.5 Å². The van der Waals surface area contributed by atoms with Crippen LogP contribution in [0.5, 0.6) is 0 Å². The molecule has 0 saturated heterocycles. The molecule has 0 aliphatic rings. The predicted molar refractivity (Wildman–Crippen MR) is 100.0 cm³/mol. The fourth-order valence-corrected chi connectivity index (χ4v) is 3.58. The van der Waals surface area contributed by atoms with Gasteiger partial charge in [0.1, 0.15) is 6.54 Å². The van der Waals surface area contributed by atoms with Crippen LogP contribution in [0.2, 0.25) is 5.02 Å². The summed E-state index contributed by atoms with van der Waals surface area (Å²) >= 11 is 6.08. The van der Waals surface area contributed by atoms with Crippen LogP contribution < -0.4 is 9.62 Å². The average Bonchev–Trinajstić information content (AvgIpc) is 2.52. The monoisotopic (exact) mass is 374 g/mol. The van der Waals surface area contributed by atoms with Crippen molar-refractivity contribution in [3.05, 3.63) is 29.3 Å². The van der Waals surface area contributed by atoms with Crippen molar-refractivity contribution in [1.82, 2.24) is 5.32 Å². The summed E-state index contributed by atoms with van der Waals surface area (Å²) in [5, 5.41) is 3.14. The fourth-order valence-electron chi connectivity index (χ4n) is 2.42. The number of anilines is 1. The smallest absolute Gasteiger partial charge is 0.240 e. The Balaban J connectivity index is 2.75. The Morgan fingerprint density at radius 1 is 1.29 bits per heavy atom. The molecule has 1 aromatic carbocycles. The van der Waals surface area contributed by atoms with Gasteiger partial charge in [0.25, 0.3) is 0 Å². The van der Waals surface area contributed by atoms with Crippen molar-refractivity contribution in [2.45, 2.75) is 39.5 Å². The maximum atomic E-state index is 12.2. The lowest BCUT2D eigenvalue weighted by atomic mass is 9.99. The zero-order valence-electron chi connectivity index (χ0n) is 14.6. The van der Waals surface area contributed by atoms with Crippen molar-refractivity contribution in [2.24, 2.45) is 5.92 Å². The highest BCUT2D eigenvalue weighted by molar-refractivity contribution is 7.92. The van der Waals surface area contributed by atoms with Crippen LogP contribution in [0.25, 0.3) is 0 Å². The lowest BCUT2D eigenvalue weighted by Gasteiger charge is -2.23. The number of sulfonamides is 1. The number of nitrogens with one attached hydrogen (secondary N) is 1. The third-order valence-corrected chi connectivity index (χ3v) is 5.39. The second-order valence-corrected chi connectivity index (χ2v) is 8.26. The van der Waals surface area contributed by atoms with Crippen molar-refractivity contribution in [3.8, 4) is 0 Å². The molecule has 1 amide bonds. The van der Waals surface area contributed by atoms with Gasteiger partial charge in [-0.05, 0) is 24.5 Å². The molecule has 24 heavy (non-hydrogen) atoms. The number of unbranched alkanes of at least 4 members (excludes halogenated alkanes) is 1. The summed E-state index contributed by atoms with van der Waals surface area (Å²) < 4.78 is 25.1. The minimum Gasteiger partial charge on any atom is -0.354 e. The maximum absolute atomic E-state index is 12.2. The summed E-state index contributed by atoms with van der Waals surface area (Å²) in [6.07, 6.45) is 5.37. The third kappa shape index (κ3) is 6.69. The van der Waals surface area contributed by atoms with Gasteiger partial charge < -0.3 is 5.32 Å². The molecule has 1 N–H and O–H groups in total. The van der Waals surface area contributed by atoms with Crippen molar-refractivity contribution in [2.75, 3.05) is 23.7 Å². The van der Waals surface area contributed by atoms with Gasteiger partial charge in [-0.15, -0.1) is 0 Å². The molecule has 0 bridgehead atoms. The molecule has 1 atom stereocenters. The molecule has 0 saturated carbocycles. The third-order valence-electron chi connectivity index (χ3n) is 3.94. The van der Waals surface area contributed by atoms with E-state index in [1.54, 1.807) is 24.3 Å². The summed E-state index contributed by atoms with van der Waals surface area (Å²) in [4.78, 5) is 12.2. The molecule has 0 radical (unpaired) electrons. The molecule has 0 aliphatic carbocycles. The second kappa shape index (κ2) is 9.89. The van der Waals surface area contributed by atoms with Crippen LogP contribution in [0.1, 0.15) is 39.5 Å². The van der Waals surface area contributed by atoms with Gasteiger partial charge in [-0.2, -0.15) is 0 Å². The first kappa shape index (κ1) is 20.8. The van der Waals surface area contributed by atoms with E-state index in [2.05, 4.69) is 19.2 Å². The first-order chi connectivity index (χ1) is 11.3. The van der Waals surface area contributed by atoms with E-state index in [9.17, 15) is 13.2 Å².